The Morgan fingerprint density at radius 2 is 1.33 bits per heavy atom. The summed E-state index contributed by atoms with van der Waals surface area (Å²) < 4.78 is 2.08. The third-order valence-corrected chi connectivity index (χ3v) is 4.83. The first kappa shape index (κ1) is 12.3. The first-order valence-electron chi connectivity index (χ1n) is 6.84. The lowest BCUT2D eigenvalue weighted by Gasteiger charge is -2.05. The summed E-state index contributed by atoms with van der Waals surface area (Å²) in [6.07, 6.45) is 0. The Kier molecular flexibility index (Phi) is 2.83. The molecule has 1 aromatic heterocycles. The van der Waals surface area contributed by atoms with Crippen molar-refractivity contribution in [3.8, 4) is 11.1 Å². The molecule has 0 saturated carbocycles. The smallest absolute Gasteiger partial charge is 0.195 e. The van der Waals surface area contributed by atoms with Gasteiger partial charge in [0.1, 0.15) is 0 Å². The highest BCUT2D eigenvalue weighted by atomic mass is 32.1. The van der Waals surface area contributed by atoms with Gasteiger partial charge in [0.2, 0.25) is 0 Å². The van der Waals surface area contributed by atoms with Gasteiger partial charge in [-0.2, -0.15) is 0 Å². The van der Waals surface area contributed by atoms with E-state index in [-0.39, 0.29) is 5.43 Å². The molecule has 4 rings (SSSR count). The fraction of sp³-hybridized carbons (Fsp3) is 0. The van der Waals surface area contributed by atoms with Crippen molar-refractivity contribution < 1.29 is 0 Å². The zero-order valence-electron chi connectivity index (χ0n) is 11.2. The Labute approximate surface area is 126 Å². The van der Waals surface area contributed by atoms with Crippen molar-refractivity contribution in [2.45, 2.75) is 0 Å². The van der Waals surface area contributed by atoms with Crippen molar-refractivity contribution in [2.24, 2.45) is 0 Å². The fourth-order valence-electron chi connectivity index (χ4n) is 2.61. The minimum atomic E-state index is 0.122. The zero-order chi connectivity index (χ0) is 14.2. The zero-order valence-corrected chi connectivity index (χ0v) is 12.1. The quantitative estimate of drug-likeness (QED) is 0.446. The van der Waals surface area contributed by atoms with Crippen LogP contribution in [0.2, 0.25) is 0 Å². The van der Waals surface area contributed by atoms with Gasteiger partial charge in [-0.15, -0.1) is 11.3 Å². The van der Waals surface area contributed by atoms with Crippen molar-refractivity contribution in [2.75, 3.05) is 0 Å². The molecule has 2 heteroatoms. The molecule has 0 spiro atoms. The number of benzene rings is 3. The van der Waals surface area contributed by atoms with E-state index < -0.39 is 0 Å². The van der Waals surface area contributed by atoms with Crippen molar-refractivity contribution in [3.05, 3.63) is 83.0 Å². The summed E-state index contributed by atoms with van der Waals surface area (Å²) >= 11 is 1.67. The Bertz CT molecular complexity index is 1000. The molecule has 0 saturated heterocycles. The second-order valence-electron chi connectivity index (χ2n) is 5.00. The summed E-state index contributed by atoms with van der Waals surface area (Å²) in [5.74, 6) is 0. The second kappa shape index (κ2) is 4.83. The molecule has 0 fully saturated rings. The summed E-state index contributed by atoms with van der Waals surface area (Å²) in [5, 5.41) is 1.61. The average molecular weight is 288 g/mol. The molecule has 100 valence electrons. The van der Waals surface area contributed by atoms with Crippen molar-refractivity contribution in [1.82, 2.24) is 0 Å². The molecule has 0 aliphatic carbocycles. The van der Waals surface area contributed by atoms with Gasteiger partial charge >= 0.3 is 0 Å². The van der Waals surface area contributed by atoms with E-state index in [0.717, 1.165) is 31.3 Å². The largest absolute Gasteiger partial charge is 0.289 e. The molecule has 0 radical (unpaired) electrons. The molecule has 0 amide bonds. The summed E-state index contributed by atoms with van der Waals surface area (Å²) in [6.45, 7) is 0. The average Bonchev–Trinajstić information content (AvgIpc) is 2.56. The van der Waals surface area contributed by atoms with Crippen LogP contribution in [0, 0.1) is 0 Å². The predicted molar refractivity (Wildman–Crippen MR) is 91.0 cm³/mol. The minimum Gasteiger partial charge on any atom is -0.289 e. The van der Waals surface area contributed by atoms with Crippen molar-refractivity contribution in [3.63, 3.8) is 0 Å². The molecule has 0 bridgehead atoms. The van der Waals surface area contributed by atoms with Gasteiger partial charge in [-0.3, -0.25) is 4.79 Å². The van der Waals surface area contributed by atoms with Gasteiger partial charge in [-0.25, -0.2) is 0 Å². The molecule has 21 heavy (non-hydrogen) atoms. The van der Waals surface area contributed by atoms with Crippen LogP contribution in [0.4, 0.5) is 0 Å². The van der Waals surface area contributed by atoms with Crippen LogP contribution in [-0.4, -0.2) is 0 Å². The highest BCUT2D eigenvalue weighted by Crippen LogP contribution is 2.28. The molecule has 0 atom stereocenters. The second-order valence-corrected chi connectivity index (χ2v) is 6.09. The van der Waals surface area contributed by atoms with E-state index >= 15 is 0 Å². The van der Waals surface area contributed by atoms with E-state index in [0.29, 0.717) is 0 Å². The number of fused-ring (bicyclic) bond motifs is 2. The Morgan fingerprint density at radius 3 is 2.19 bits per heavy atom. The van der Waals surface area contributed by atoms with Crippen molar-refractivity contribution >= 4 is 31.5 Å². The highest BCUT2D eigenvalue weighted by molar-refractivity contribution is 7.24. The monoisotopic (exact) mass is 288 g/mol. The standard InChI is InChI=1S/C19H12OS/c20-19-15-8-4-5-9-17(15)21-18-11-10-14(12-16(18)19)13-6-2-1-3-7-13/h1-12H. The normalized spacial score (nSPS) is 11.0. The van der Waals surface area contributed by atoms with E-state index in [1.165, 1.54) is 0 Å². The van der Waals surface area contributed by atoms with Gasteiger partial charge < -0.3 is 0 Å². The van der Waals surface area contributed by atoms with Crippen LogP contribution < -0.4 is 5.43 Å². The molecular weight excluding hydrogens is 276 g/mol. The first-order chi connectivity index (χ1) is 10.3. The summed E-state index contributed by atoms with van der Waals surface area (Å²) in [6, 6.07) is 24.1. The van der Waals surface area contributed by atoms with E-state index in [2.05, 4.69) is 24.3 Å². The minimum absolute atomic E-state index is 0.122. The molecular formula is C19H12OS. The van der Waals surface area contributed by atoms with Crippen LogP contribution in [0.15, 0.2) is 77.6 Å². The van der Waals surface area contributed by atoms with Gasteiger partial charge in [0.05, 0.1) is 0 Å². The van der Waals surface area contributed by atoms with Gasteiger partial charge in [0.25, 0.3) is 0 Å². The van der Waals surface area contributed by atoms with E-state index in [4.69, 9.17) is 0 Å². The van der Waals surface area contributed by atoms with Gasteiger partial charge in [-0.05, 0) is 35.4 Å². The maximum absolute atomic E-state index is 12.7. The Hall–Kier alpha value is -2.45. The van der Waals surface area contributed by atoms with E-state index in [1.807, 2.05) is 48.5 Å². The number of hydrogen-bond donors (Lipinski definition) is 0. The van der Waals surface area contributed by atoms with Crippen molar-refractivity contribution in [1.29, 1.82) is 0 Å². The molecule has 4 aromatic rings. The lowest BCUT2D eigenvalue weighted by molar-refractivity contribution is 1.65. The van der Waals surface area contributed by atoms with Crippen LogP contribution in [-0.2, 0) is 0 Å². The number of rotatable bonds is 1. The molecule has 0 N–H and O–H groups in total. The highest BCUT2D eigenvalue weighted by Gasteiger charge is 2.07. The third-order valence-electron chi connectivity index (χ3n) is 3.68. The van der Waals surface area contributed by atoms with Gasteiger partial charge in [-0.1, -0.05) is 48.5 Å². The third kappa shape index (κ3) is 2.05. The summed E-state index contributed by atoms with van der Waals surface area (Å²) in [5.41, 5.74) is 2.34. The lowest BCUT2D eigenvalue weighted by atomic mass is 10.0. The van der Waals surface area contributed by atoms with Crippen LogP contribution in [0.3, 0.4) is 0 Å². The maximum Gasteiger partial charge on any atom is 0.195 e. The molecule has 0 aliphatic heterocycles. The van der Waals surface area contributed by atoms with Gasteiger partial charge in [0.15, 0.2) is 5.43 Å². The summed E-state index contributed by atoms with van der Waals surface area (Å²) in [4.78, 5) is 12.7. The maximum atomic E-state index is 12.7. The molecule has 3 aromatic carbocycles. The molecule has 0 unspecified atom stereocenters. The lowest BCUT2D eigenvalue weighted by Crippen LogP contribution is -2.00. The van der Waals surface area contributed by atoms with Crippen LogP contribution in [0.1, 0.15) is 0 Å². The predicted octanol–water partition coefficient (Wildman–Crippen LogP) is 5.08. The van der Waals surface area contributed by atoms with Crippen LogP contribution in [0.5, 0.6) is 0 Å². The Balaban J connectivity index is 2.06. The Morgan fingerprint density at radius 1 is 0.619 bits per heavy atom. The topological polar surface area (TPSA) is 17.1 Å². The molecule has 1 nitrogen and oxygen atoms in total. The van der Waals surface area contributed by atoms with Crippen LogP contribution >= 0.6 is 11.3 Å². The summed E-state index contributed by atoms with van der Waals surface area (Å²) in [7, 11) is 0. The van der Waals surface area contributed by atoms with Gasteiger partial charge in [0, 0.05) is 20.2 Å². The van der Waals surface area contributed by atoms with E-state index in [9.17, 15) is 4.79 Å². The number of hydrogen-bond acceptors (Lipinski definition) is 2. The fourth-order valence-corrected chi connectivity index (χ4v) is 3.67. The van der Waals surface area contributed by atoms with E-state index in [1.54, 1.807) is 11.3 Å². The SMILES string of the molecule is O=c1c2ccccc2sc2ccc(-c3ccccc3)cc12. The molecule has 1 heterocycles. The van der Waals surface area contributed by atoms with Crippen LogP contribution in [0.25, 0.3) is 31.3 Å². The molecule has 0 aliphatic rings. The first-order valence-corrected chi connectivity index (χ1v) is 7.65.